The van der Waals surface area contributed by atoms with Gasteiger partial charge in [-0.15, -0.1) is 0 Å². The van der Waals surface area contributed by atoms with Crippen LogP contribution < -0.4 is 10.6 Å². The third-order valence-corrected chi connectivity index (χ3v) is 8.99. The van der Waals surface area contributed by atoms with Crippen molar-refractivity contribution in [2.24, 2.45) is 0 Å². The first-order chi connectivity index (χ1) is 24.0. The largest absolute Gasteiger partial charge is 0.394 e. The molecule has 0 aromatic heterocycles. The molecule has 0 radical (unpaired) electrons. The van der Waals surface area contributed by atoms with Gasteiger partial charge < -0.3 is 105 Å². The molecule has 23 heteroatoms. The molecule has 4 aliphatic rings. The highest BCUT2D eigenvalue weighted by molar-refractivity contribution is 5.73. The standard InChI is InChI=1S/C28H48N2O21/c1-7(34)29-13-18(39)15(36)9(3-31)47-26(13)45-6-12-23(50-28-21(42)20(41)17(38)11(5-33)49-28)22(43)24(25(44)46-12)51-27-14(30-8(2)35)19(40)16(37)10(4-32)48-27/h9-28,31-33,36-44H,3-6H2,1-2H3,(H,29,34)(H,30,35)/t9-,10-,11-,12-,13-,14-,15-,16-,17+,18-,19-,20+,21-,22+,23-,24+,25?,26-,27+,28+/m1/s1. The Labute approximate surface area is 289 Å². The molecule has 4 heterocycles. The van der Waals surface area contributed by atoms with E-state index in [4.69, 9.17) is 33.2 Å². The molecule has 20 atom stereocenters. The van der Waals surface area contributed by atoms with Crippen molar-refractivity contribution in [2.45, 2.75) is 137 Å². The minimum absolute atomic E-state index is 0.668. The fourth-order valence-corrected chi connectivity index (χ4v) is 6.24. The van der Waals surface area contributed by atoms with Gasteiger partial charge >= 0.3 is 0 Å². The van der Waals surface area contributed by atoms with Gasteiger partial charge in [-0.2, -0.15) is 0 Å². The molecule has 0 bridgehead atoms. The van der Waals surface area contributed by atoms with Gasteiger partial charge in [-0.1, -0.05) is 0 Å². The van der Waals surface area contributed by atoms with Crippen LogP contribution in [0.3, 0.4) is 0 Å². The molecule has 4 fully saturated rings. The summed E-state index contributed by atoms with van der Waals surface area (Å²) in [6.07, 6.45) is -31.6. The zero-order valence-electron chi connectivity index (χ0n) is 27.4. The Morgan fingerprint density at radius 1 is 0.510 bits per heavy atom. The van der Waals surface area contributed by atoms with Crippen molar-refractivity contribution in [3.8, 4) is 0 Å². The fourth-order valence-electron chi connectivity index (χ4n) is 6.24. The lowest BCUT2D eigenvalue weighted by Gasteiger charge is -2.49. The second-order valence-electron chi connectivity index (χ2n) is 12.7. The molecule has 14 N–H and O–H groups in total. The number of nitrogens with one attached hydrogen (secondary N) is 2. The van der Waals surface area contributed by atoms with Gasteiger partial charge in [0.05, 0.1) is 26.4 Å². The number of rotatable bonds is 12. The number of hydrogen-bond donors (Lipinski definition) is 14. The van der Waals surface area contributed by atoms with Gasteiger partial charge in [0.15, 0.2) is 25.2 Å². The van der Waals surface area contributed by atoms with E-state index in [-0.39, 0.29) is 0 Å². The quantitative estimate of drug-likeness (QED) is 0.0881. The number of ether oxygens (including phenoxy) is 7. The van der Waals surface area contributed by atoms with Crippen LogP contribution in [0.4, 0.5) is 0 Å². The summed E-state index contributed by atoms with van der Waals surface area (Å²) < 4.78 is 39.4. The predicted octanol–water partition coefficient (Wildman–Crippen LogP) is -9.46. The molecule has 0 spiro atoms. The van der Waals surface area contributed by atoms with Crippen LogP contribution in [0.25, 0.3) is 0 Å². The normalized spacial score (nSPS) is 47.8. The lowest BCUT2D eigenvalue weighted by Crippen LogP contribution is -2.68. The van der Waals surface area contributed by atoms with Crippen LogP contribution in [0, 0.1) is 0 Å². The highest BCUT2D eigenvalue weighted by Crippen LogP contribution is 2.33. The van der Waals surface area contributed by atoms with Crippen LogP contribution in [-0.4, -0.2) is 222 Å². The van der Waals surface area contributed by atoms with E-state index in [1.807, 2.05) is 0 Å². The summed E-state index contributed by atoms with van der Waals surface area (Å²) in [6, 6.07) is -2.95. The smallest absolute Gasteiger partial charge is 0.217 e. The number of hydrogen-bond acceptors (Lipinski definition) is 21. The second-order valence-corrected chi connectivity index (χ2v) is 12.7. The van der Waals surface area contributed by atoms with Crippen LogP contribution in [0.15, 0.2) is 0 Å². The fraction of sp³-hybridized carbons (Fsp3) is 0.929. The van der Waals surface area contributed by atoms with Crippen molar-refractivity contribution >= 4 is 11.8 Å². The Kier molecular flexibility index (Phi) is 14.8. The maximum Gasteiger partial charge on any atom is 0.217 e. The number of aliphatic hydroxyl groups excluding tert-OH is 12. The number of aliphatic hydroxyl groups is 12. The second kappa shape index (κ2) is 18.0. The lowest BCUT2D eigenvalue weighted by atomic mass is 9.95. The Morgan fingerprint density at radius 2 is 0.941 bits per heavy atom. The van der Waals surface area contributed by atoms with Gasteiger partial charge in [0.25, 0.3) is 0 Å². The minimum atomic E-state index is -2.11. The minimum Gasteiger partial charge on any atom is -0.394 e. The van der Waals surface area contributed by atoms with Gasteiger partial charge in [0.1, 0.15) is 97.5 Å². The third-order valence-electron chi connectivity index (χ3n) is 8.99. The van der Waals surface area contributed by atoms with Gasteiger partial charge in [0, 0.05) is 13.8 Å². The van der Waals surface area contributed by atoms with E-state index in [1.165, 1.54) is 0 Å². The number of amides is 2. The highest BCUT2D eigenvalue weighted by atomic mass is 16.8. The maximum atomic E-state index is 11.9. The summed E-state index contributed by atoms with van der Waals surface area (Å²) in [5.74, 6) is -1.38. The molecule has 23 nitrogen and oxygen atoms in total. The van der Waals surface area contributed by atoms with E-state index in [9.17, 15) is 70.9 Å². The summed E-state index contributed by atoms with van der Waals surface area (Å²) >= 11 is 0. The average molecular weight is 749 g/mol. The summed E-state index contributed by atoms with van der Waals surface area (Å²) in [6.45, 7) is -1.02. The van der Waals surface area contributed by atoms with E-state index in [0.29, 0.717) is 0 Å². The summed E-state index contributed by atoms with van der Waals surface area (Å²) in [7, 11) is 0. The molecule has 4 saturated heterocycles. The van der Waals surface area contributed by atoms with Crippen LogP contribution >= 0.6 is 0 Å². The molecular formula is C28H48N2O21. The molecule has 4 rings (SSSR count). The van der Waals surface area contributed by atoms with Crippen LogP contribution in [0.1, 0.15) is 13.8 Å². The van der Waals surface area contributed by atoms with Crippen LogP contribution in [-0.2, 0) is 42.7 Å². The third kappa shape index (κ3) is 9.29. The van der Waals surface area contributed by atoms with E-state index >= 15 is 0 Å². The highest BCUT2D eigenvalue weighted by Gasteiger charge is 2.54. The maximum absolute atomic E-state index is 11.9. The van der Waals surface area contributed by atoms with Gasteiger partial charge in [-0.25, -0.2) is 0 Å². The first kappa shape index (κ1) is 41.9. The zero-order chi connectivity index (χ0) is 37.9. The molecular weight excluding hydrogens is 700 g/mol. The van der Waals surface area contributed by atoms with Crippen LogP contribution in [0.5, 0.6) is 0 Å². The summed E-state index contributed by atoms with van der Waals surface area (Å²) in [4.78, 5) is 23.8. The molecule has 4 aliphatic heterocycles. The summed E-state index contributed by atoms with van der Waals surface area (Å²) in [5, 5.41) is 129. The molecule has 296 valence electrons. The Hall–Kier alpha value is -1.82. The Balaban J connectivity index is 1.62. The van der Waals surface area contributed by atoms with Crippen molar-refractivity contribution < 1.29 is 104 Å². The van der Waals surface area contributed by atoms with Crippen molar-refractivity contribution in [3.63, 3.8) is 0 Å². The molecule has 0 aromatic carbocycles. The summed E-state index contributed by atoms with van der Waals surface area (Å²) in [5.41, 5.74) is 0. The Morgan fingerprint density at radius 3 is 1.43 bits per heavy atom. The van der Waals surface area contributed by atoms with E-state index in [0.717, 1.165) is 13.8 Å². The first-order valence-corrected chi connectivity index (χ1v) is 16.1. The average Bonchev–Trinajstić information content (AvgIpc) is 3.08. The first-order valence-electron chi connectivity index (χ1n) is 16.1. The topological polar surface area (TPSA) is 366 Å². The predicted molar refractivity (Wildman–Crippen MR) is 157 cm³/mol. The van der Waals surface area contributed by atoms with Gasteiger partial charge in [-0.3, -0.25) is 9.59 Å². The molecule has 51 heavy (non-hydrogen) atoms. The van der Waals surface area contributed by atoms with Crippen molar-refractivity contribution in [2.75, 3.05) is 26.4 Å². The van der Waals surface area contributed by atoms with Crippen LogP contribution in [0.2, 0.25) is 0 Å². The number of carbonyl (C=O) groups excluding carboxylic acids is 2. The van der Waals surface area contributed by atoms with Crippen molar-refractivity contribution in [1.29, 1.82) is 0 Å². The Bertz CT molecular complexity index is 1140. The van der Waals surface area contributed by atoms with E-state index in [2.05, 4.69) is 10.6 Å². The molecule has 1 unspecified atom stereocenters. The van der Waals surface area contributed by atoms with E-state index < -0.39 is 161 Å². The van der Waals surface area contributed by atoms with Crippen molar-refractivity contribution in [1.82, 2.24) is 10.6 Å². The van der Waals surface area contributed by atoms with E-state index in [1.54, 1.807) is 0 Å². The SMILES string of the molecule is CC(=O)N[C@H]1[C@H](OC[C@H]2OC(O)[C@@H](O[C@@H]3O[C@H](CO)[C@@H](O)[C@H](O)[C@H]3NC(C)=O)[C@@H](O)[C@@H]2O[C@@H]2O[C@H](CO)[C@H](O)[C@H](O)[C@H]2O)O[C@H](CO)[C@@H](O)[C@@H]1O. The lowest BCUT2D eigenvalue weighted by molar-refractivity contribution is -0.380. The molecule has 0 aliphatic carbocycles. The monoisotopic (exact) mass is 748 g/mol. The van der Waals surface area contributed by atoms with Gasteiger partial charge in [0.2, 0.25) is 11.8 Å². The molecule has 0 aromatic rings. The molecule has 0 saturated carbocycles. The zero-order valence-corrected chi connectivity index (χ0v) is 27.4. The van der Waals surface area contributed by atoms with Gasteiger partial charge in [-0.05, 0) is 0 Å². The number of carbonyl (C=O) groups is 2. The van der Waals surface area contributed by atoms with Crippen molar-refractivity contribution in [3.05, 3.63) is 0 Å². The molecule has 2 amide bonds.